The highest BCUT2D eigenvalue weighted by molar-refractivity contribution is 7.89. The number of rotatable bonds is 7. The highest BCUT2D eigenvalue weighted by Crippen LogP contribution is 2.24. The van der Waals surface area contributed by atoms with Crippen LogP contribution in [-0.4, -0.2) is 20.4 Å². The molecule has 26 heavy (non-hydrogen) atoms. The van der Waals surface area contributed by atoms with Crippen LogP contribution in [0.4, 0.5) is 5.69 Å². The number of carbonyl (C=O) groups is 1. The van der Waals surface area contributed by atoms with Gasteiger partial charge in [0.1, 0.15) is 0 Å². The van der Waals surface area contributed by atoms with E-state index in [-0.39, 0.29) is 22.8 Å². The van der Waals surface area contributed by atoms with Crippen LogP contribution in [0.25, 0.3) is 0 Å². The molecule has 1 atom stereocenters. The Bertz CT molecular complexity index is 859. The molecule has 6 heteroatoms. The monoisotopic (exact) mass is 374 g/mol. The van der Waals surface area contributed by atoms with Crippen molar-refractivity contribution in [1.82, 2.24) is 4.72 Å². The van der Waals surface area contributed by atoms with Crippen molar-refractivity contribution in [2.24, 2.45) is 0 Å². The molecule has 0 bridgehead atoms. The summed E-state index contributed by atoms with van der Waals surface area (Å²) in [5, 5.41) is 2.90. The van der Waals surface area contributed by atoms with Crippen molar-refractivity contribution < 1.29 is 13.2 Å². The lowest BCUT2D eigenvalue weighted by atomic mass is 10.0. The zero-order chi connectivity index (χ0) is 19.3. The zero-order valence-corrected chi connectivity index (χ0v) is 16.4. The van der Waals surface area contributed by atoms with Gasteiger partial charge in [-0.3, -0.25) is 4.79 Å². The topological polar surface area (TPSA) is 75.3 Å². The highest BCUT2D eigenvalue weighted by Gasteiger charge is 2.17. The Labute approximate surface area is 155 Å². The Hall–Kier alpha value is -2.18. The van der Waals surface area contributed by atoms with Gasteiger partial charge in [0.2, 0.25) is 10.0 Å². The molecule has 2 rings (SSSR count). The number of nitrogens with one attached hydrogen (secondary N) is 2. The lowest BCUT2D eigenvalue weighted by Gasteiger charge is -2.14. The van der Waals surface area contributed by atoms with Gasteiger partial charge in [-0.15, -0.1) is 0 Å². The zero-order valence-electron chi connectivity index (χ0n) is 15.6. The summed E-state index contributed by atoms with van der Waals surface area (Å²) in [5.41, 5.74) is 2.23. The van der Waals surface area contributed by atoms with Crippen molar-refractivity contribution in [1.29, 1.82) is 0 Å². The van der Waals surface area contributed by atoms with E-state index in [9.17, 15) is 13.2 Å². The molecule has 0 aromatic heterocycles. The summed E-state index contributed by atoms with van der Waals surface area (Å²) < 4.78 is 27.2. The van der Waals surface area contributed by atoms with E-state index < -0.39 is 10.0 Å². The number of carbonyl (C=O) groups excluding carboxylic acids is 1. The van der Waals surface area contributed by atoms with Gasteiger partial charge in [0, 0.05) is 17.3 Å². The maximum Gasteiger partial charge on any atom is 0.255 e. The van der Waals surface area contributed by atoms with Gasteiger partial charge in [-0.2, -0.15) is 0 Å². The van der Waals surface area contributed by atoms with Crippen LogP contribution in [0.1, 0.15) is 56.0 Å². The Morgan fingerprint density at radius 2 is 1.62 bits per heavy atom. The van der Waals surface area contributed by atoms with Crippen LogP contribution in [0.3, 0.4) is 0 Å². The Balaban J connectivity index is 2.17. The number of hydrogen-bond acceptors (Lipinski definition) is 3. The quantitative estimate of drug-likeness (QED) is 0.765. The molecule has 140 valence electrons. The van der Waals surface area contributed by atoms with Crippen LogP contribution in [-0.2, 0) is 10.0 Å². The molecule has 2 N–H and O–H groups in total. The number of sulfonamides is 1. The fraction of sp³-hybridized carbons (Fsp3) is 0.350. The van der Waals surface area contributed by atoms with Gasteiger partial charge in [0.05, 0.1) is 4.90 Å². The molecule has 5 nitrogen and oxygen atoms in total. The second-order valence-electron chi connectivity index (χ2n) is 6.65. The van der Waals surface area contributed by atoms with Crippen molar-refractivity contribution in [2.45, 2.75) is 51.0 Å². The third-order valence-corrected chi connectivity index (χ3v) is 5.83. The molecule has 1 unspecified atom stereocenters. The molecule has 0 aliphatic carbocycles. The van der Waals surface area contributed by atoms with Gasteiger partial charge < -0.3 is 5.32 Å². The second-order valence-corrected chi connectivity index (χ2v) is 8.37. The SMILES string of the molecule is CCC(C)NS(=O)(=O)c1ccc(C(=O)Nc2ccccc2C(C)C)cc1. The van der Waals surface area contributed by atoms with Crippen LogP contribution < -0.4 is 10.0 Å². The molecule has 0 spiro atoms. The van der Waals surface area contributed by atoms with Crippen LogP contribution in [0.15, 0.2) is 53.4 Å². The predicted octanol–water partition coefficient (Wildman–Crippen LogP) is 4.14. The largest absolute Gasteiger partial charge is 0.322 e. The third-order valence-electron chi connectivity index (χ3n) is 4.23. The molecular weight excluding hydrogens is 348 g/mol. The first-order chi connectivity index (χ1) is 12.2. The summed E-state index contributed by atoms with van der Waals surface area (Å²) in [7, 11) is -3.57. The van der Waals surface area contributed by atoms with E-state index in [4.69, 9.17) is 0 Å². The number of amides is 1. The van der Waals surface area contributed by atoms with Crippen molar-refractivity contribution >= 4 is 21.6 Å². The molecule has 2 aromatic carbocycles. The van der Waals surface area contributed by atoms with Gasteiger partial charge >= 0.3 is 0 Å². The van der Waals surface area contributed by atoms with Gasteiger partial charge in [0.15, 0.2) is 0 Å². The average Bonchev–Trinajstić information content (AvgIpc) is 2.61. The third kappa shape index (κ3) is 4.93. The van der Waals surface area contributed by atoms with Gasteiger partial charge in [0.25, 0.3) is 5.91 Å². The van der Waals surface area contributed by atoms with E-state index in [1.807, 2.05) is 38.1 Å². The summed E-state index contributed by atoms with van der Waals surface area (Å²) in [5.74, 6) is 0.0163. The lowest BCUT2D eigenvalue weighted by Crippen LogP contribution is -2.32. The minimum atomic E-state index is -3.57. The predicted molar refractivity (Wildman–Crippen MR) is 105 cm³/mol. The smallest absolute Gasteiger partial charge is 0.255 e. The molecule has 2 aromatic rings. The standard InChI is InChI=1S/C20H26N2O3S/c1-5-15(4)22-26(24,25)17-12-10-16(11-13-17)20(23)21-19-9-7-6-8-18(19)14(2)3/h6-15,22H,5H2,1-4H3,(H,21,23). The summed E-state index contributed by atoms with van der Waals surface area (Å²) in [6.45, 7) is 7.85. The lowest BCUT2D eigenvalue weighted by molar-refractivity contribution is 0.102. The van der Waals surface area contributed by atoms with E-state index in [0.29, 0.717) is 12.0 Å². The molecule has 0 saturated heterocycles. The van der Waals surface area contributed by atoms with E-state index in [1.165, 1.54) is 24.3 Å². The summed E-state index contributed by atoms with van der Waals surface area (Å²) in [4.78, 5) is 12.6. The molecule has 0 heterocycles. The van der Waals surface area contributed by atoms with Crippen molar-refractivity contribution in [3.63, 3.8) is 0 Å². The number of hydrogen-bond donors (Lipinski definition) is 2. The fourth-order valence-corrected chi connectivity index (χ4v) is 3.84. The maximum atomic E-state index is 12.5. The molecule has 0 radical (unpaired) electrons. The van der Waals surface area contributed by atoms with Crippen LogP contribution in [0, 0.1) is 0 Å². The summed E-state index contributed by atoms with van der Waals surface area (Å²) in [6.07, 6.45) is 0.703. The first kappa shape index (κ1) is 20.1. The first-order valence-electron chi connectivity index (χ1n) is 8.77. The van der Waals surface area contributed by atoms with Crippen LogP contribution in [0.2, 0.25) is 0 Å². The highest BCUT2D eigenvalue weighted by atomic mass is 32.2. The van der Waals surface area contributed by atoms with E-state index in [2.05, 4.69) is 23.9 Å². The maximum absolute atomic E-state index is 12.5. The van der Waals surface area contributed by atoms with Gasteiger partial charge in [-0.05, 0) is 55.2 Å². The second kappa shape index (κ2) is 8.47. The molecule has 0 aliphatic heterocycles. The Kier molecular flexibility index (Phi) is 6.56. The number of para-hydroxylation sites is 1. The summed E-state index contributed by atoms with van der Waals surface area (Å²) in [6, 6.07) is 13.5. The van der Waals surface area contributed by atoms with E-state index in [0.717, 1.165) is 11.3 Å². The number of benzene rings is 2. The van der Waals surface area contributed by atoms with Crippen molar-refractivity contribution in [3.8, 4) is 0 Å². The molecule has 0 aliphatic rings. The molecule has 1 amide bonds. The summed E-state index contributed by atoms with van der Waals surface area (Å²) >= 11 is 0. The van der Waals surface area contributed by atoms with Crippen LogP contribution in [0.5, 0.6) is 0 Å². The first-order valence-corrected chi connectivity index (χ1v) is 10.3. The average molecular weight is 375 g/mol. The minimum Gasteiger partial charge on any atom is -0.322 e. The number of anilines is 1. The molecular formula is C20H26N2O3S. The minimum absolute atomic E-state index is 0.143. The van der Waals surface area contributed by atoms with Crippen LogP contribution >= 0.6 is 0 Å². The van der Waals surface area contributed by atoms with Crippen molar-refractivity contribution in [2.75, 3.05) is 5.32 Å². The van der Waals surface area contributed by atoms with E-state index >= 15 is 0 Å². The van der Waals surface area contributed by atoms with Crippen molar-refractivity contribution in [3.05, 3.63) is 59.7 Å². The fourth-order valence-electron chi connectivity index (χ4n) is 2.51. The Morgan fingerprint density at radius 3 is 2.19 bits per heavy atom. The molecule has 0 fully saturated rings. The molecule has 0 saturated carbocycles. The Morgan fingerprint density at radius 1 is 1.00 bits per heavy atom. The van der Waals surface area contributed by atoms with E-state index in [1.54, 1.807) is 0 Å². The normalized spacial score (nSPS) is 12.8. The van der Waals surface area contributed by atoms with Gasteiger partial charge in [-0.1, -0.05) is 39.0 Å². The van der Waals surface area contributed by atoms with Gasteiger partial charge in [-0.25, -0.2) is 13.1 Å².